The molecule has 0 aliphatic rings. The van der Waals surface area contributed by atoms with Crippen LogP contribution in [0.5, 0.6) is 34.8 Å². The molecule has 0 aliphatic heterocycles. The van der Waals surface area contributed by atoms with Gasteiger partial charge >= 0.3 is 11.6 Å². The molecule has 3 rings (SSSR count). The van der Waals surface area contributed by atoms with Crippen LogP contribution in [0, 0.1) is 10.1 Å². The molecule has 2 aromatic carbocycles. The number of hydrogen-bond acceptors (Lipinski definition) is 7. The molecule has 1 heterocycles. The van der Waals surface area contributed by atoms with Crippen molar-refractivity contribution in [2.24, 2.45) is 0 Å². The van der Waals surface area contributed by atoms with Crippen molar-refractivity contribution in [2.75, 3.05) is 14.2 Å². The largest absolute Gasteiger partial charge is 0.497 e. The first kappa shape index (κ1) is 18.0. The summed E-state index contributed by atoms with van der Waals surface area (Å²) < 4.78 is 21.4. The Kier molecular flexibility index (Phi) is 5.36. The third kappa shape index (κ3) is 4.43. The summed E-state index contributed by atoms with van der Waals surface area (Å²) in [5.74, 6) is 2.20. The van der Waals surface area contributed by atoms with Crippen LogP contribution in [0.15, 0.2) is 60.7 Å². The van der Waals surface area contributed by atoms with Crippen molar-refractivity contribution in [3.05, 3.63) is 70.8 Å². The maximum atomic E-state index is 11.3. The minimum Gasteiger partial charge on any atom is -0.497 e. The second-order valence-corrected chi connectivity index (χ2v) is 5.29. The molecule has 0 amide bonds. The van der Waals surface area contributed by atoms with Crippen molar-refractivity contribution < 1.29 is 23.9 Å². The van der Waals surface area contributed by atoms with Crippen molar-refractivity contribution in [3.8, 4) is 34.8 Å². The van der Waals surface area contributed by atoms with E-state index < -0.39 is 4.92 Å². The fourth-order valence-electron chi connectivity index (χ4n) is 2.21. The number of pyridine rings is 1. The van der Waals surface area contributed by atoms with E-state index >= 15 is 0 Å². The van der Waals surface area contributed by atoms with Crippen LogP contribution in [0.3, 0.4) is 0 Å². The minimum atomic E-state index is -0.566. The lowest BCUT2D eigenvalue weighted by atomic mass is 10.3. The van der Waals surface area contributed by atoms with E-state index in [2.05, 4.69) is 4.98 Å². The van der Waals surface area contributed by atoms with Gasteiger partial charge in [0.15, 0.2) is 0 Å². The van der Waals surface area contributed by atoms with Gasteiger partial charge in [0, 0.05) is 12.1 Å². The van der Waals surface area contributed by atoms with Crippen LogP contribution in [-0.4, -0.2) is 24.1 Å². The van der Waals surface area contributed by atoms with E-state index in [9.17, 15) is 10.1 Å². The zero-order valence-electron chi connectivity index (χ0n) is 14.6. The summed E-state index contributed by atoms with van der Waals surface area (Å²) in [5, 5.41) is 11.3. The van der Waals surface area contributed by atoms with Gasteiger partial charge < -0.3 is 18.9 Å². The molecule has 0 unspecified atom stereocenters. The molecule has 8 heteroatoms. The van der Waals surface area contributed by atoms with Gasteiger partial charge in [0.1, 0.15) is 23.0 Å². The number of benzene rings is 2. The van der Waals surface area contributed by atoms with Gasteiger partial charge in [-0.25, -0.2) is 0 Å². The monoisotopic (exact) mass is 368 g/mol. The Bertz CT molecular complexity index is 926. The molecule has 0 radical (unpaired) electrons. The normalized spacial score (nSPS) is 10.1. The summed E-state index contributed by atoms with van der Waals surface area (Å²) in [6.45, 7) is 0. The summed E-state index contributed by atoms with van der Waals surface area (Å²) in [6.07, 6.45) is 0. The number of methoxy groups -OCH3 is 2. The molecule has 8 nitrogen and oxygen atoms in total. The van der Waals surface area contributed by atoms with Crippen LogP contribution in [0.25, 0.3) is 0 Å². The number of nitro groups is 1. The zero-order valence-corrected chi connectivity index (χ0v) is 14.6. The zero-order chi connectivity index (χ0) is 19.2. The third-order valence-electron chi connectivity index (χ3n) is 3.57. The Morgan fingerprint density at radius 1 is 0.741 bits per heavy atom. The highest BCUT2D eigenvalue weighted by atomic mass is 16.6. The second-order valence-electron chi connectivity index (χ2n) is 5.29. The Labute approximate surface area is 155 Å². The van der Waals surface area contributed by atoms with Crippen LogP contribution in [-0.2, 0) is 0 Å². The fourth-order valence-corrected chi connectivity index (χ4v) is 2.21. The Balaban J connectivity index is 1.85. The van der Waals surface area contributed by atoms with E-state index in [-0.39, 0.29) is 17.4 Å². The highest BCUT2D eigenvalue weighted by Gasteiger charge is 2.19. The van der Waals surface area contributed by atoms with E-state index in [1.807, 2.05) is 0 Å². The van der Waals surface area contributed by atoms with E-state index in [0.29, 0.717) is 23.0 Å². The molecule has 3 aromatic rings. The van der Waals surface area contributed by atoms with Gasteiger partial charge in [0.05, 0.1) is 19.1 Å². The standard InChI is InChI=1S/C19H16N2O6/c1-24-13-3-7-15(8-4-13)26-18-12-11-17(21(22)23)19(20-18)27-16-9-5-14(25-2)6-10-16/h3-12H,1-2H3. The summed E-state index contributed by atoms with van der Waals surface area (Å²) in [5.41, 5.74) is -0.270. The first-order chi connectivity index (χ1) is 13.1. The van der Waals surface area contributed by atoms with Crippen LogP contribution >= 0.6 is 0 Å². The number of hydrogen-bond donors (Lipinski definition) is 0. The van der Waals surface area contributed by atoms with Gasteiger partial charge in [0.2, 0.25) is 5.88 Å². The molecule has 0 atom stereocenters. The number of nitrogens with zero attached hydrogens (tertiary/aromatic N) is 2. The molecule has 0 N–H and O–H groups in total. The van der Waals surface area contributed by atoms with Gasteiger partial charge in [0.25, 0.3) is 0 Å². The van der Waals surface area contributed by atoms with Gasteiger partial charge in [-0.2, -0.15) is 4.98 Å². The third-order valence-corrected chi connectivity index (χ3v) is 3.57. The first-order valence-electron chi connectivity index (χ1n) is 7.88. The van der Waals surface area contributed by atoms with E-state index in [1.54, 1.807) is 62.8 Å². The number of rotatable bonds is 7. The van der Waals surface area contributed by atoms with Crippen LogP contribution in [0.1, 0.15) is 0 Å². The van der Waals surface area contributed by atoms with Gasteiger partial charge in [-0.3, -0.25) is 10.1 Å². The Morgan fingerprint density at radius 2 is 1.22 bits per heavy atom. The summed E-state index contributed by atoms with van der Waals surface area (Å²) in [6, 6.07) is 16.2. The molecule has 1 aromatic heterocycles. The number of ether oxygens (including phenoxy) is 4. The predicted molar refractivity (Wildman–Crippen MR) is 97.0 cm³/mol. The van der Waals surface area contributed by atoms with E-state index in [0.717, 1.165) is 0 Å². The molecule has 0 spiro atoms. The van der Waals surface area contributed by atoms with Crippen LogP contribution < -0.4 is 18.9 Å². The highest BCUT2D eigenvalue weighted by molar-refractivity contribution is 5.46. The highest BCUT2D eigenvalue weighted by Crippen LogP contribution is 2.33. The second kappa shape index (κ2) is 8.05. The molecular weight excluding hydrogens is 352 g/mol. The minimum absolute atomic E-state index is 0.161. The van der Waals surface area contributed by atoms with Crippen LogP contribution in [0.4, 0.5) is 5.69 Å². The van der Waals surface area contributed by atoms with Crippen molar-refractivity contribution in [2.45, 2.75) is 0 Å². The lowest BCUT2D eigenvalue weighted by Gasteiger charge is -2.09. The van der Waals surface area contributed by atoms with Gasteiger partial charge in [-0.15, -0.1) is 0 Å². The van der Waals surface area contributed by atoms with Crippen LogP contribution in [0.2, 0.25) is 0 Å². The summed E-state index contributed by atoms with van der Waals surface area (Å²) in [4.78, 5) is 14.8. The van der Waals surface area contributed by atoms with Gasteiger partial charge in [-0.1, -0.05) is 0 Å². The molecule has 0 aliphatic carbocycles. The number of aromatic nitrogens is 1. The SMILES string of the molecule is COc1ccc(Oc2ccc([N+](=O)[O-])c(Oc3ccc(OC)cc3)n2)cc1. The Hall–Kier alpha value is -3.81. The maximum absolute atomic E-state index is 11.3. The van der Waals surface area contributed by atoms with Crippen molar-refractivity contribution >= 4 is 5.69 Å². The maximum Gasteiger partial charge on any atom is 0.331 e. The fraction of sp³-hybridized carbons (Fsp3) is 0.105. The van der Waals surface area contributed by atoms with Crippen molar-refractivity contribution in [1.82, 2.24) is 4.98 Å². The molecule has 0 fully saturated rings. The van der Waals surface area contributed by atoms with E-state index in [4.69, 9.17) is 18.9 Å². The lowest BCUT2D eigenvalue weighted by Crippen LogP contribution is -1.98. The quantitative estimate of drug-likeness (QED) is 0.445. The average molecular weight is 368 g/mol. The molecule has 0 saturated heterocycles. The topological polar surface area (TPSA) is 93.0 Å². The lowest BCUT2D eigenvalue weighted by molar-refractivity contribution is -0.386. The molecular formula is C19H16N2O6. The summed E-state index contributed by atoms with van der Waals surface area (Å²) in [7, 11) is 3.11. The molecule has 0 bridgehead atoms. The summed E-state index contributed by atoms with van der Waals surface area (Å²) >= 11 is 0. The molecule has 27 heavy (non-hydrogen) atoms. The molecule has 138 valence electrons. The average Bonchev–Trinajstić information content (AvgIpc) is 2.69. The molecule has 0 saturated carbocycles. The first-order valence-corrected chi connectivity index (χ1v) is 7.88. The van der Waals surface area contributed by atoms with E-state index in [1.165, 1.54) is 12.1 Å². The van der Waals surface area contributed by atoms with Crippen molar-refractivity contribution in [3.63, 3.8) is 0 Å². The predicted octanol–water partition coefficient (Wildman–Crippen LogP) is 4.59. The Morgan fingerprint density at radius 3 is 1.70 bits per heavy atom. The van der Waals surface area contributed by atoms with Crippen molar-refractivity contribution in [1.29, 1.82) is 0 Å². The smallest absolute Gasteiger partial charge is 0.331 e. The van der Waals surface area contributed by atoms with Gasteiger partial charge in [-0.05, 0) is 48.5 Å².